The minimum Gasteiger partial charge on any atom is -0.372 e. The zero-order valence-corrected chi connectivity index (χ0v) is 10.5. The monoisotopic (exact) mass is 241 g/mol. The average molecular weight is 242 g/mol. The minimum absolute atomic E-state index is 0.0367. The summed E-state index contributed by atoms with van der Waals surface area (Å²) in [6.45, 7) is 0. The SMILES string of the molecule is N#CC(CCl)CC1CCC2(CCCCC2)O1. The van der Waals surface area contributed by atoms with E-state index in [0.717, 1.165) is 12.8 Å². The van der Waals surface area contributed by atoms with Gasteiger partial charge < -0.3 is 4.74 Å². The maximum absolute atomic E-state index is 8.90. The Labute approximate surface area is 103 Å². The van der Waals surface area contributed by atoms with E-state index >= 15 is 0 Å². The van der Waals surface area contributed by atoms with Crippen LogP contribution in [0.3, 0.4) is 0 Å². The molecule has 2 unspecified atom stereocenters. The molecule has 1 aliphatic heterocycles. The first-order chi connectivity index (χ1) is 7.78. The summed E-state index contributed by atoms with van der Waals surface area (Å²) in [5.74, 6) is 0.397. The van der Waals surface area contributed by atoms with E-state index in [2.05, 4.69) is 6.07 Å². The molecular formula is C13H20ClNO. The second kappa shape index (κ2) is 5.38. The molecule has 1 spiro atoms. The van der Waals surface area contributed by atoms with Gasteiger partial charge in [0.25, 0.3) is 0 Å². The van der Waals surface area contributed by atoms with E-state index in [1.54, 1.807) is 0 Å². The van der Waals surface area contributed by atoms with E-state index in [-0.39, 0.29) is 17.6 Å². The van der Waals surface area contributed by atoms with Crippen LogP contribution >= 0.6 is 11.6 Å². The van der Waals surface area contributed by atoms with Crippen molar-refractivity contribution in [3.8, 4) is 6.07 Å². The van der Waals surface area contributed by atoms with Crippen LogP contribution in [0.2, 0.25) is 0 Å². The van der Waals surface area contributed by atoms with Crippen molar-refractivity contribution in [1.82, 2.24) is 0 Å². The number of hydrogen-bond donors (Lipinski definition) is 0. The fraction of sp³-hybridized carbons (Fsp3) is 0.923. The summed E-state index contributed by atoms with van der Waals surface area (Å²) in [6, 6.07) is 2.26. The molecule has 90 valence electrons. The van der Waals surface area contributed by atoms with Gasteiger partial charge in [-0.1, -0.05) is 19.3 Å². The van der Waals surface area contributed by atoms with Crippen LogP contribution in [0, 0.1) is 17.2 Å². The quantitative estimate of drug-likeness (QED) is 0.707. The number of nitriles is 1. The van der Waals surface area contributed by atoms with Crippen molar-refractivity contribution in [3.05, 3.63) is 0 Å². The second-order valence-corrected chi connectivity index (χ2v) is 5.55. The lowest BCUT2D eigenvalue weighted by Gasteiger charge is -2.33. The molecule has 0 amide bonds. The van der Waals surface area contributed by atoms with Crippen LogP contribution in [0.1, 0.15) is 51.4 Å². The van der Waals surface area contributed by atoms with Gasteiger partial charge in [-0.2, -0.15) is 5.26 Å². The lowest BCUT2D eigenvalue weighted by atomic mass is 9.83. The molecule has 2 aliphatic rings. The molecule has 0 aromatic heterocycles. The molecule has 0 bridgehead atoms. The van der Waals surface area contributed by atoms with E-state index in [9.17, 15) is 0 Å². The highest BCUT2D eigenvalue weighted by Crippen LogP contribution is 2.43. The highest BCUT2D eigenvalue weighted by atomic mass is 35.5. The normalized spacial score (nSPS) is 30.1. The van der Waals surface area contributed by atoms with E-state index in [4.69, 9.17) is 21.6 Å². The molecule has 1 aliphatic carbocycles. The first-order valence-corrected chi connectivity index (χ1v) is 6.95. The molecule has 0 N–H and O–H groups in total. The number of halogens is 1. The highest BCUT2D eigenvalue weighted by molar-refractivity contribution is 6.18. The number of hydrogen-bond acceptors (Lipinski definition) is 2. The van der Waals surface area contributed by atoms with Gasteiger partial charge >= 0.3 is 0 Å². The summed E-state index contributed by atoms with van der Waals surface area (Å²) in [6.07, 6.45) is 9.84. The van der Waals surface area contributed by atoms with Gasteiger partial charge in [-0.25, -0.2) is 0 Å². The average Bonchev–Trinajstić information content (AvgIpc) is 2.70. The van der Waals surface area contributed by atoms with Gasteiger partial charge in [0.1, 0.15) is 0 Å². The van der Waals surface area contributed by atoms with Crippen molar-refractivity contribution in [3.63, 3.8) is 0 Å². The van der Waals surface area contributed by atoms with Crippen molar-refractivity contribution in [2.75, 3.05) is 5.88 Å². The van der Waals surface area contributed by atoms with E-state index < -0.39 is 0 Å². The fourth-order valence-corrected chi connectivity index (χ4v) is 3.29. The Balaban J connectivity index is 1.85. The third kappa shape index (κ3) is 2.70. The van der Waals surface area contributed by atoms with Gasteiger partial charge in [0.2, 0.25) is 0 Å². The predicted octanol–water partition coefficient (Wildman–Crippen LogP) is 3.64. The molecule has 2 fully saturated rings. The molecule has 2 rings (SSSR count). The van der Waals surface area contributed by atoms with Crippen molar-refractivity contribution in [2.45, 2.75) is 63.1 Å². The van der Waals surface area contributed by atoms with Crippen LogP contribution in [0.15, 0.2) is 0 Å². The van der Waals surface area contributed by atoms with Crippen molar-refractivity contribution in [2.24, 2.45) is 5.92 Å². The summed E-state index contributed by atoms with van der Waals surface area (Å²) in [5.41, 5.74) is 0.176. The predicted molar refractivity (Wildman–Crippen MR) is 64.4 cm³/mol. The van der Waals surface area contributed by atoms with Gasteiger partial charge in [-0.05, 0) is 32.1 Å². The molecule has 1 saturated carbocycles. The maximum Gasteiger partial charge on any atom is 0.0687 e. The number of alkyl halides is 1. The lowest BCUT2D eigenvalue weighted by molar-refractivity contribution is -0.0675. The Bertz CT molecular complexity index is 268. The third-order valence-corrected chi connectivity index (χ3v) is 4.39. The molecule has 1 saturated heterocycles. The standard InChI is InChI=1S/C13H20ClNO/c14-9-11(10-15)8-12-4-7-13(16-12)5-2-1-3-6-13/h11-12H,1-9H2. The fourth-order valence-electron chi connectivity index (χ4n) is 3.09. The number of nitrogens with zero attached hydrogens (tertiary/aromatic N) is 1. The Kier molecular flexibility index (Phi) is 4.10. The van der Waals surface area contributed by atoms with Crippen molar-refractivity contribution in [1.29, 1.82) is 5.26 Å². The Morgan fingerprint density at radius 3 is 2.69 bits per heavy atom. The van der Waals surface area contributed by atoms with E-state index in [1.165, 1.54) is 38.5 Å². The first kappa shape index (κ1) is 12.2. The van der Waals surface area contributed by atoms with Gasteiger partial charge in [-0.3, -0.25) is 0 Å². The summed E-state index contributed by atoms with van der Waals surface area (Å²) in [5, 5.41) is 8.90. The van der Waals surface area contributed by atoms with Crippen molar-refractivity contribution >= 4 is 11.6 Å². The molecule has 0 aromatic carbocycles. The van der Waals surface area contributed by atoms with E-state index in [1.807, 2.05) is 0 Å². The number of ether oxygens (including phenoxy) is 1. The smallest absolute Gasteiger partial charge is 0.0687 e. The maximum atomic E-state index is 8.90. The summed E-state index contributed by atoms with van der Waals surface area (Å²) >= 11 is 5.75. The molecule has 3 heteroatoms. The van der Waals surface area contributed by atoms with Gasteiger partial charge in [0, 0.05) is 5.88 Å². The lowest BCUT2D eigenvalue weighted by Crippen LogP contribution is -2.32. The molecule has 16 heavy (non-hydrogen) atoms. The minimum atomic E-state index is -0.0367. The molecule has 1 heterocycles. The largest absolute Gasteiger partial charge is 0.372 e. The zero-order chi connectivity index (χ0) is 11.4. The van der Waals surface area contributed by atoms with Gasteiger partial charge in [0.05, 0.1) is 23.7 Å². The van der Waals surface area contributed by atoms with Crippen LogP contribution in [0.25, 0.3) is 0 Å². The Morgan fingerprint density at radius 2 is 2.06 bits per heavy atom. The van der Waals surface area contributed by atoms with Gasteiger partial charge in [-0.15, -0.1) is 11.6 Å². The molecule has 2 nitrogen and oxygen atoms in total. The van der Waals surface area contributed by atoms with Crippen LogP contribution < -0.4 is 0 Å². The van der Waals surface area contributed by atoms with Crippen LogP contribution in [0.5, 0.6) is 0 Å². The Hall–Kier alpha value is -0.260. The van der Waals surface area contributed by atoms with Crippen LogP contribution in [-0.4, -0.2) is 17.6 Å². The topological polar surface area (TPSA) is 33.0 Å². The molecule has 0 aromatic rings. The summed E-state index contributed by atoms with van der Waals surface area (Å²) < 4.78 is 6.21. The van der Waals surface area contributed by atoms with Crippen LogP contribution in [-0.2, 0) is 4.74 Å². The summed E-state index contributed by atoms with van der Waals surface area (Å²) in [4.78, 5) is 0. The van der Waals surface area contributed by atoms with Crippen LogP contribution in [0.4, 0.5) is 0 Å². The van der Waals surface area contributed by atoms with Crippen molar-refractivity contribution < 1.29 is 4.74 Å². The van der Waals surface area contributed by atoms with E-state index in [0.29, 0.717) is 5.88 Å². The summed E-state index contributed by atoms with van der Waals surface area (Å²) in [7, 11) is 0. The molecule has 2 atom stereocenters. The highest BCUT2D eigenvalue weighted by Gasteiger charge is 2.41. The first-order valence-electron chi connectivity index (χ1n) is 6.41. The third-order valence-electron chi connectivity index (χ3n) is 4.02. The second-order valence-electron chi connectivity index (χ2n) is 5.24. The Morgan fingerprint density at radius 1 is 1.31 bits per heavy atom. The van der Waals surface area contributed by atoms with Gasteiger partial charge in [0.15, 0.2) is 0 Å². The molecular weight excluding hydrogens is 222 g/mol. The zero-order valence-electron chi connectivity index (χ0n) is 9.75. The molecule has 0 radical (unpaired) electrons. The number of rotatable bonds is 3.